The molecule has 0 bridgehead atoms. The number of ether oxygens (including phenoxy) is 5. The summed E-state index contributed by atoms with van der Waals surface area (Å²) in [5.41, 5.74) is 0.214. The number of aromatic carboxylic acids is 1. The van der Waals surface area contributed by atoms with E-state index in [-0.39, 0.29) is 119 Å². The SMILES string of the molecule is O=C(CCCOCCOCC(=O)N[C@@H](CCCCNC(=O)CBr)C(=O)O)COCCOCCNC(=O)CC[C@H](CC(=O)CCCCCCCCCOc1ccc(C(=O)O)cc1)C(=O)O. The van der Waals surface area contributed by atoms with E-state index in [0.29, 0.717) is 57.6 Å². The van der Waals surface area contributed by atoms with Crippen LogP contribution in [0.1, 0.15) is 113 Å². The minimum Gasteiger partial charge on any atom is -0.494 e. The number of carbonyl (C=O) groups is 8. The van der Waals surface area contributed by atoms with E-state index in [0.717, 1.165) is 38.5 Å². The van der Waals surface area contributed by atoms with E-state index in [4.69, 9.17) is 28.8 Å². The molecule has 20 heteroatoms. The van der Waals surface area contributed by atoms with Crippen LogP contribution in [0.2, 0.25) is 0 Å². The van der Waals surface area contributed by atoms with Crippen LogP contribution in [-0.2, 0) is 52.5 Å². The van der Waals surface area contributed by atoms with Crippen LogP contribution in [0.4, 0.5) is 0 Å². The molecule has 0 unspecified atom stereocenters. The number of ketones is 2. The largest absolute Gasteiger partial charge is 0.494 e. The Bertz CT molecular complexity index is 1530. The molecule has 2 atom stereocenters. The highest BCUT2D eigenvalue weighted by molar-refractivity contribution is 9.09. The number of rotatable bonds is 43. The van der Waals surface area contributed by atoms with Crippen molar-refractivity contribution in [2.75, 3.05) is 77.9 Å². The summed E-state index contributed by atoms with van der Waals surface area (Å²) in [5.74, 6) is -4.83. The van der Waals surface area contributed by atoms with Crippen molar-refractivity contribution in [3.63, 3.8) is 0 Å². The van der Waals surface area contributed by atoms with Crippen LogP contribution in [-0.4, -0.2) is 146 Å². The number of nitrogens with one attached hydrogen (secondary N) is 3. The predicted octanol–water partition coefficient (Wildman–Crippen LogP) is 4.11. The highest BCUT2D eigenvalue weighted by Gasteiger charge is 2.22. The fraction of sp³-hybridized carbons (Fsp3) is 0.682. The van der Waals surface area contributed by atoms with Gasteiger partial charge in [-0.25, -0.2) is 9.59 Å². The van der Waals surface area contributed by atoms with Crippen LogP contribution < -0.4 is 20.7 Å². The highest BCUT2D eigenvalue weighted by atomic mass is 79.9. The molecule has 1 aromatic rings. The summed E-state index contributed by atoms with van der Waals surface area (Å²) >= 11 is 3.04. The van der Waals surface area contributed by atoms with Gasteiger partial charge in [0.1, 0.15) is 30.8 Å². The van der Waals surface area contributed by atoms with Crippen molar-refractivity contribution in [2.24, 2.45) is 5.92 Å². The van der Waals surface area contributed by atoms with E-state index in [9.17, 15) is 48.6 Å². The molecule has 64 heavy (non-hydrogen) atoms. The summed E-state index contributed by atoms with van der Waals surface area (Å²) in [6.07, 6.45) is 8.68. The molecular weight excluding hydrogens is 906 g/mol. The lowest BCUT2D eigenvalue weighted by molar-refractivity contribution is -0.144. The molecule has 0 fully saturated rings. The molecular formula is C44H68BrN3O16. The molecule has 0 radical (unpaired) electrons. The van der Waals surface area contributed by atoms with Gasteiger partial charge in [0.25, 0.3) is 0 Å². The number of aliphatic carboxylic acids is 2. The van der Waals surface area contributed by atoms with Crippen LogP contribution in [0.5, 0.6) is 5.75 Å². The fourth-order valence-corrected chi connectivity index (χ4v) is 6.21. The monoisotopic (exact) mass is 973 g/mol. The number of hydrogen-bond acceptors (Lipinski definition) is 13. The maximum atomic E-state index is 12.4. The first-order valence-electron chi connectivity index (χ1n) is 22.0. The molecule has 19 nitrogen and oxygen atoms in total. The lowest BCUT2D eigenvalue weighted by Crippen LogP contribution is -2.42. The van der Waals surface area contributed by atoms with Crippen molar-refractivity contribution < 1.29 is 77.4 Å². The van der Waals surface area contributed by atoms with Gasteiger partial charge in [-0.3, -0.25) is 28.8 Å². The molecule has 0 aliphatic heterocycles. The molecule has 3 amide bonds. The second-order valence-electron chi connectivity index (χ2n) is 15.0. The Morgan fingerprint density at radius 1 is 0.531 bits per heavy atom. The number of alkyl halides is 1. The number of amides is 3. The summed E-state index contributed by atoms with van der Waals surface area (Å²) in [7, 11) is 0. The van der Waals surface area contributed by atoms with Gasteiger partial charge in [-0.2, -0.15) is 0 Å². The van der Waals surface area contributed by atoms with E-state index >= 15 is 0 Å². The average molecular weight is 975 g/mol. The smallest absolute Gasteiger partial charge is 0.335 e. The minimum absolute atomic E-state index is 0.0318. The number of benzene rings is 1. The second-order valence-corrected chi connectivity index (χ2v) is 15.5. The normalized spacial score (nSPS) is 11.9. The molecule has 0 heterocycles. The van der Waals surface area contributed by atoms with Crippen molar-refractivity contribution in [1.82, 2.24) is 16.0 Å². The number of carboxylic acid groups (broad SMARTS) is 3. The second kappa shape index (κ2) is 37.8. The summed E-state index contributed by atoms with van der Waals surface area (Å²) < 4.78 is 27.0. The lowest BCUT2D eigenvalue weighted by Gasteiger charge is -2.14. The van der Waals surface area contributed by atoms with Crippen molar-refractivity contribution in [1.29, 1.82) is 0 Å². The van der Waals surface area contributed by atoms with Gasteiger partial charge >= 0.3 is 17.9 Å². The van der Waals surface area contributed by atoms with Crippen LogP contribution in [0, 0.1) is 5.92 Å². The van der Waals surface area contributed by atoms with Crippen molar-refractivity contribution in [2.45, 2.75) is 109 Å². The van der Waals surface area contributed by atoms with Crippen molar-refractivity contribution in [3.05, 3.63) is 29.8 Å². The number of carbonyl (C=O) groups excluding carboxylic acids is 5. The molecule has 0 saturated heterocycles. The highest BCUT2D eigenvalue weighted by Crippen LogP contribution is 2.17. The molecule has 0 spiro atoms. The zero-order valence-corrected chi connectivity index (χ0v) is 38.4. The Balaban J connectivity index is 1.97. The van der Waals surface area contributed by atoms with E-state index < -0.39 is 35.8 Å². The molecule has 1 aromatic carbocycles. The van der Waals surface area contributed by atoms with E-state index in [1.807, 2.05) is 0 Å². The van der Waals surface area contributed by atoms with Crippen LogP contribution in [0.15, 0.2) is 24.3 Å². The first-order valence-corrected chi connectivity index (χ1v) is 23.1. The fourth-order valence-electron chi connectivity index (χ4n) is 6.01. The molecule has 1 rings (SSSR count). The van der Waals surface area contributed by atoms with E-state index in [2.05, 4.69) is 31.9 Å². The van der Waals surface area contributed by atoms with Gasteiger partial charge in [-0.05, 0) is 69.2 Å². The number of carboxylic acids is 3. The van der Waals surface area contributed by atoms with Gasteiger partial charge in [0, 0.05) is 45.4 Å². The Kier molecular flexibility index (Phi) is 34.0. The van der Waals surface area contributed by atoms with Crippen LogP contribution in [0.25, 0.3) is 0 Å². The van der Waals surface area contributed by atoms with E-state index in [1.54, 1.807) is 12.1 Å². The molecule has 0 aliphatic carbocycles. The Morgan fingerprint density at radius 2 is 1.14 bits per heavy atom. The van der Waals surface area contributed by atoms with Gasteiger partial charge in [0.05, 0.1) is 56.5 Å². The summed E-state index contributed by atoms with van der Waals surface area (Å²) in [6, 6.07) is 5.24. The van der Waals surface area contributed by atoms with Crippen molar-refractivity contribution in [3.8, 4) is 5.75 Å². The molecule has 0 aromatic heterocycles. The maximum absolute atomic E-state index is 12.4. The number of halogens is 1. The third-order valence-electron chi connectivity index (χ3n) is 9.56. The van der Waals surface area contributed by atoms with Gasteiger partial charge in [-0.15, -0.1) is 0 Å². The minimum atomic E-state index is -1.16. The quantitative estimate of drug-likeness (QED) is 0.0397. The maximum Gasteiger partial charge on any atom is 0.335 e. The summed E-state index contributed by atoms with van der Waals surface area (Å²) in [5, 5.41) is 35.8. The first kappa shape index (κ1) is 57.5. The van der Waals surface area contributed by atoms with Gasteiger partial charge in [0.2, 0.25) is 17.7 Å². The lowest BCUT2D eigenvalue weighted by atomic mass is 9.94. The molecule has 362 valence electrons. The third-order valence-corrected chi connectivity index (χ3v) is 10.1. The van der Waals surface area contributed by atoms with Crippen LogP contribution in [0.3, 0.4) is 0 Å². The molecule has 0 aliphatic rings. The first-order chi connectivity index (χ1) is 30.8. The van der Waals surface area contributed by atoms with Gasteiger partial charge in [0.15, 0.2) is 5.78 Å². The zero-order valence-electron chi connectivity index (χ0n) is 36.8. The molecule has 0 saturated carbocycles. The van der Waals surface area contributed by atoms with Crippen LogP contribution >= 0.6 is 15.9 Å². The third kappa shape index (κ3) is 32.2. The van der Waals surface area contributed by atoms with E-state index in [1.165, 1.54) is 12.1 Å². The zero-order chi connectivity index (χ0) is 47.2. The number of hydrogen-bond donors (Lipinski definition) is 6. The summed E-state index contributed by atoms with van der Waals surface area (Å²) in [4.78, 5) is 94.0. The number of unbranched alkanes of at least 4 members (excludes halogenated alkanes) is 7. The Morgan fingerprint density at radius 3 is 1.80 bits per heavy atom. The topological polar surface area (TPSA) is 279 Å². The number of Topliss-reactive ketones (excluding diaryl/α,β-unsaturated/α-hetero) is 2. The average Bonchev–Trinajstić information content (AvgIpc) is 3.26. The van der Waals surface area contributed by atoms with Crippen molar-refractivity contribution >= 4 is 63.1 Å². The summed E-state index contributed by atoms with van der Waals surface area (Å²) in [6.45, 7) is 1.91. The standard InChI is InChI=1S/C44H68BrN3O16/c45-30-40(52)46-20-8-7-13-38(44(58)59)48-41(53)32-63-28-25-60-22-10-12-36(50)31-62-27-26-61-24-21-47-39(51)19-16-34(43(56)57)29-35(49)11-6-4-2-1-3-5-9-23-64-37-17-14-33(15-18-37)42(54)55/h14-15,17-18,34,38H,1-13,16,19-32H2,(H,46,52)(H,47,51)(H,48,53)(H,54,55)(H,56,57)(H,58,59)/t34-,38+/m1/s1. The predicted molar refractivity (Wildman–Crippen MR) is 237 cm³/mol. The van der Waals surface area contributed by atoms with Gasteiger partial charge in [-0.1, -0.05) is 48.0 Å². The molecule has 6 N–H and O–H groups in total. The van der Waals surface area contributed by atoms with Gasteiger partial charge < -0.3 is 55.0 Å². The Hall–Kier alpha value is -4.50. The Labute approximate surface area is 383 Å².